The number of nitro benzene ring substituents is 1. The van der Waals surface area contributed by atoms with Gasteiger partial charge in [0, 0.05) is 15.7 Å². The maximum atomic E-state index is 10.9. The van der Waals surface area contributed by atoms with Gasteiger partial charge < -0.3 is 4.74 Å². The van der Waals surface area contributed by atoms with Crippen LogP contribution in [0, 0.1) is 25.0 Å². The molecule has 28 heavy (non-hydrogen) atoms. The zero-order valence-corrected chi connectivity index (χ0v) is 16.9. The van der Waals surface area contributed by atoms with Crippen LogP contribution in [0.2, 0.25) is 0 Å². The van der Waals surface area contributed by atoms with Crippen LogP contribution in [0.4, 0.5) is 5.69 Å². The number of hydrogen-bond acceptors (Lipinski definition) is 4. The lowest BCUT2D eigenvalue weighted by Crippen LogP contribution is -1.95. The van der Waals surface area contributed by atoms with Gasteiger partial charge >= 0.3 is 0 Å². The summed E-state index contributed by atoms with van der Waals surface area (Å²) in [6.45, 7) is 0.475. The van der Waals surface area contributed by atoms with Crippen molar-refractivity contribution in [2.45, 2.75) is 6.61 Å². The van der Waals surface area contributed by atoms with Crippen molar-refractivity contribution < 1.29 is 9.66 Å². The van der Waals surface area contributed by atoms with Crippen LogP contribution < -0.4 is 4.74 Å². The van der Waals surface area contributed by atoms with E-state index in [1.54, 1.807) is 18.2 Å². The van der Waals surface area contributed by atoms with E-state index in [2.05, 4.69) is 28.7 Å². The minimum atomic E-state index is -0.474. The molecule has 0 aliphatic carbocycles. The normalized spacial score (nSPS) is 10.9. The minimum Gasteiger partial charge on any atom is -0.489 e. The number of halogens is 1. The summed E-state index contributed by atoms with van der Waals surface area (Å²) >= 11 is 2.26. The van der Waals surface area contributed by atoms with Crippen LogP contribution in [-0.4, -0.2) is 4.92 Å². The lowest BCUT2D eigenvalue weighted by atomic mass is 10.0. The summed E-state index contributed by atoms with van der Waals surface area (Å²) in [6.07, 6.45) is 1.70. The number of non-ortho nitro benzene ring substituents is 1. The number of hydrogen-bond donors (Lipinski definition) is 0. The van der Waals surface area contributed by atoms with Gasteiger partial charge in [0.2, 0.25) is 0 Å². The Kier molecular flexibility index (Phi) is 6.40. The number of benzene rings is 3. The van der Waals surface area contributed by atoms with E-state index in [4.69, 9.17) is 4.74 Å². The van der Waals surface area contributed by atoms with Crippen molar-refractivity contribution in [3.8, 4) is 11.8 Å². The van der Waals surface area contributed by atoms with E-state index in [0.29, 0.717) is 17.7 Å². The van der Waals surface area contributed by atoms with E-state index in [1.165, 1.54) is 15.7 Å². The van der Waals surface area contributed by atoms with Gasteiger partial charge in [-0.05, 0) is 69.6 Å². The van der Waals surface area contributed by atoms with Crippen LogP contribution in [0.15, 0.2) is 72.8 Å². The number of allylic oxidation sites excluding steroid dienone is 1. The highest BCUT2D eigenvalue weighted by atomic mass is 127. The molecule has 3 aromatic carbocycles. The molecule has 0 spiro atoms. The molecule has 6 heteroatoms. The average molecular weight is 482 g/mol. The summed E-state index contributed by atoms with van der Waals surface area (Å²) in [5, 5.41) is 20.4. The third-order valence-corrected chi connectivity index (χ3v) is 4.72. The van der Waals surface area contributed by atoms with Crippen molar-refractivity contribution in [1.82, 2.24) is 0 Å². The molecule has 0 bridgehead atoms. The zero-order valence-electron chi connectivity index (χ0n) is 14.7. The van der Waals surface area contributed by atoms with E-state index >= 15 is 0 Å². The summed E-state index contributed by atoms with van der Waals surface area (Å²) in [7, 11) is 0. The van der Waals surface area contributed by atoms with Crippen molar-refractivity contribution >= 4 is 39.9 Å². The third kappa shape index (κ3) is 5.18. The molecule has 0 fully saturated rings. The minimum absolute atomic E-state index is 0.0435. The molecular formula is C22H15IN2O3. The average Bonchev–Trinajstić information content (AvgIpc) is 2.72. The summed E-state index contributed by atoms with van der Waals surface area (Å²) in [5.74, 6) is 0.726. The SMILES string of the molecule is N#CC(=Cc1ccc(OCc2ccc(I)cc2)cc1)c1cccc([N+](=O)[O-])c1. The van der Waals surface area contributed by atoms with Crippen molar-refractivity contribution in [1.29, 1.82) is 5.26 Å². The van der Waals surface area contributed by atoms with Crippen molar-refractivity contribution in [2.24, 2.45) is 0 Å². The fourth-order valence-electron chi connectivity index (χ4n) is 2.54. The van der Waals surface area contributed by atoms with Crippen molar-refractivity contribution in [3.63, 3.8) is 0 Å². The van der Waals surface area contributed by atoms with E-state index in [9.17, 15) is 15.4 Å². The van der Waals surface area contributed by atoms with Gasteiger partial charge in [-0.3, -0.25) is 10.1 Å². The first-order valence-electron chi connectivity index (χ1n) is 8.39. The molecule has 0 saturated carbocycles. The molecule has 0 N–H and O–H groups in total. The molecule has 3 aromatic rings. The highest BCUT2D eigenvalue weighted by Crippen LogP contribution is 2.23. The Bertz CT molecular complexity index is 1050. The molecule has 0 saturated heterocycles. The summed E-state index contributed by atoms with van der Waals surface area (Å²) in [5.41, 5.74) is 2.72. The Balaban J connectivity index is 1.73. The predicted octanol–water partition coefficient (Wildman–Crippen LogP) is 5.84. The molecule has 0 atom stereocenters. The molecule has 0 amide bonds. The van der Waals surface area contributed by atoms with Gasteiger partial charge in [0.05, 0.1) is 16.6 Å². The van der Waals surface area contributed by atoms with Crippen LogP contribution in [0.1, 0.15) is 16.7 Å². The van der Waals surface area contributed by atoms with Crippen LogP contribution >= 0.6 is 22.6 Å². The van der Waals surface area contributed by atoms with Gasteiger partial charge in [0.1, 0.15) is 12.4 Å². The van der Waals surface area contributed by atoms with Crippen molar-refractivity contribution in [2.75, 3.05) is 0 Å². The molecule has 0 radical (unpaired) electrons. The lowest BCUT2D eigenvalue weighted by Gasteiger charge is -2.07. The summed E-state index contributed by atoms with van der Waals surface area (Å²) < 4.78 is 6.96. The molecule has 0 aromatic heterocycles. The van der Waals surface area contributed by atoms with Gasteiger partial charge in [0.25, 0.3) is 5.69 Å². The van der Waals surface area contributed by atoms with Crippen molar-refractivity contribution in [3.05, 3.63) is 103 Å². The number of nitrogens with zero attached hydrogens (tertiary/aromatic N) is 2. The topological polar surface area (TPSA) is 76.2 Å². The molecule has 3 rings (SSSR count). The Morgan fingerprint density at radius 1 is 1.11 bits per heavy atom. The van der Waals surface area contributed by atoms with Crippen LogP contribution in [-0.2, 0) is 6.61 Å². The standard InChI is InChI=1S/C22H15IN2O3/c23-20-8-4-17(5-9-20)15-28-22-10-6-16(7-11-22)12-19(14-24)18-2-1-3-21(13-18)25(26)27/h1-13H,15H2. The van der Waals surface area contributed by atoms with Crippen LogP contribution in [0.25, 0.3) is 11.6 Å². The second-order valence-corrected chi connectivity index (χ2v) is 7.21. The van der Waals surface area contributed by atoms with E-state index in [0.717, 1.165) is 16.9 Å². The van der Waals surface area contributed by atoms with E-state index in [-0.39, 0.29) is 5.69 Å². The first-order valence-corrected chi connectivity index (χ1v) is 9.47. The third-order valence-electron chi connectivity index (χ3n) is 4.00. The zero-order chi connectivity index (χ0) is 19.9. The second kappa shape index (κ2) is 9.15. The fraction of sp³-hybridized carbons (Fsp3) is 0.0455. The number of rotatable bonds is 6. The first-order chi connectivity index (χ1) is 13.5. The number of ether oxygens (including phenoxy) is 1. The first kappa shape index (κ1) is 19.6. The Labute approximate surface area is 176 Å². The van der Waals surface area contributed by atoms with Crippen LogP contribution in [0.3, 0.4) is 0 Å². The molecule has 5 nitrogen and oxygen atoms in total. The largest absolute Gasteiger partial charge is 0.489 e. The van der Waals surface area contributed by atoms with Gasteiger partial charge in [-0.1, -0.05) is 36.4 Å². The highest BCUT2D eigenvalue weighted by molar-refractivity contribution is 14.1. The highest BCUT2D eigenvalue weighted by Gasteiger charge is 2.09. The number of nitriles is 1. The molecule has 0 aliphatic heterocycles. The smallest absolute Gasteiger partial charge is 0.270 e. The fourth-order valence-corrected chi connectivity index (χ4v) is 2.90. The maximum Gasteiger partial charge on any atom is 0.270 e. The summed E-state index contributed by atoms with van der Waals surface area (Å²) in [6, 6.07) is 23.6. The lowest BCUT2D eigenvalue weighted by molar-refractivity contribution is -0.384. The van der Waals surface area contributed by atoms with Crippen LogP contribution in [0.5, 0.6) is 5.75 Å². The Morgan fingerprint density at radius 3 is 2.46 bits per heavy atom. The van der Waals surface area contributed by atoms with Gasteiger partial charge in [0.15, 0.2) is 0 Å². The Hall–Kier alpha value is -3.18. The van der Waals surface area contributed by atoms with E-state index < -0.39 is 4.92 Å². The maximum absolute atomic E-state index is 10.9. The number of nitro groups is 1. The van der Waals surface area contributed by atoms with E-state index in [1.807, 2.05) is 48.5 Å². The molecule has 0 aliphatic rings. The van der Waals surface area contributed by atoms with Gasteiger partial charge in [-0.2, -0.15) is 5.26 Å². The Morgan fingerprint density at radius 2 is 1.82 bits per heavy atom. The molecule has 138 valence electrons. The summed E-state index contributed by atoms with van der Waals surface area (Å²) in [4.78, 5) is 10.5. The van der Waals surface area contributed by atoms with Gasteiger partial charge in [-0.25, -0.2) is 0 Å². The second-order valence-electron chi connectivity index (χ2n) is 5.96. The molecular weight excluding hydrogens is 467 g/mol. The quantitative estimate of drug-likeness (QED) is 0.145. The monoisotopic (exact) mass is 482 g/mol. The molecule has 0 heterocycles. The van der Waals surface area contributed by atoms with Gasteiger partial charge in [-0.15, -0.1) is 0 Å². The predicted molar refractivity (Wildman–Crippen MR) is 117 cm³/mol. The molecule has 0 unspecified atom stereocenters.